The number of rotatable bonds is 3. The van der Waals surface area contributed by atoms with Gasteiger partial charge in [-0.3, -0.25) is 0 Å². The van der Waals surface area contributed by atoms with E-state index in [-0.39, 0.29) is 0 Å². The number of pyridine rings is 1. The average molecular weight is 351 g/mol. The molecule has 2 heterocycles. The Labute approximate surface area is 149 Å². The Balaban J connectivity index is 0.000000447. The molecule has 1 amide bonds. The van der Waals surface area contributed by atoms with Crippen LogP contribution in [0.3, 0.4) is 0 Å². The highest BCUT2D eigenvalue weighted by molar-refractivity contribution is 5.67. The van der Waals surface area contributed by atoms with Crippen molar-refractivity contribution in [2.45, 2.75) is 18.8 Å². The van der Waals surface area contributed by atoms with Gasteiger partial charge < -0.3 is 15.6 Å². The normalized spacial score (nSPS) is 12.8. The highest BCUT2D eigenvalue weighted by Gasteiger charge is 2.29. The highest BCUT2D eigenvalue weighted by atomic mass is 16.5. The van der Waals surface area contributed by atoms with Gasteiger partial charge in [0.15, 0.2) is 17.2 Å². The maximum atomic E-state index is 8.92. The molecule has 8 nitrogen and oxygen atoms in total. The van der Waals surface area contributed by atoms with E-state index in [0.29, 0.717) is 11.5 Å². The number of nitrogens with two attached hydrogens (primary N) is 1. The van der Waals surface area contributed by atoms with Crippen LogP contribution in [0, 0.1) is 11.3 Å². The second-order valence-electron chi connectivity index (χ2n) is 5.79. The van der Waals surface area contributed by atoms with Crippen LogP contribution in [0.4, 0.5) is 4.79 Å². The van der Waals surface area contributed by atoms with Crippen molar-refractivity contribution in [1.82, 2.24) is 14.6 Å². The van der Waals surface area contributed by atoms with Gasteiger partial charge in [-0.25, -0.2) is 14.3 Å². The Morgan fingerprint density at radius 1 is 1.31 bits per heavy atom. The minimum Gasteiger partial charge on any atom is -0.493 e. The van der Waals surface area contributed by atoms with Crippen LogP contribution in [-0.2, 0) is 0 Å². The first-order chi connectivity index (χ1) is 12.5. The van der Waals surface area contributed by atoms with Gasteiger partial charge in [-0.2, -0.15) is 10.4 Å². The first-order valence-corrected chi connectivity index (χ1v) is 7.96. The highest BCUT2D eigenvalue weighted by Crippen LogP contribution is 2.39. The van der Waals surface area contributed by atoms with E-state index in [1.54, 1.807) is 7.11 Å². The molecule has 0 atom stereocenters. The molecule has 1 aliphatic rings. The van der Waals surface area contributed by atoms with E-state index in [2.05, 4.69) is 21.9 Å². The van der Waals surface area contributed by atoms with E-state index >= 15 is 0 Å². The molecule has 1 fully saturated rings. The number of nitriles is 1. The number of ether oxygens (including phenoxy) is 1. The fourth-order valence-electron chi connectivity index (χ4n) is 2.56. The third kappa shape index (κ3) is 3.57. The number of methoxy groups -OCH3 is 1. The molecule has 0 aliphatic heterocycles. The number of hydrogen-bond donors (Lipinski definition) is 2. The van der Waals surface area contributed by atoms with Crippen molar-refractivity contribution < 1.29 is 14.6 Å². The topological polar surface area (TPSA) is 127 Å². The molecule has 3 aromatic rings. The first kappa shape index (κ1) is 17.2. The van der Waals surface area contributed by atoms with Crippen molar-refractivity contribution in [2.75, 3.05) is 7.11 Å². The van der Waals surface area contributed by atoms with E-state index in [0.717, 1.165) is 41.3 Å². The fourth-order valence-corrected chi connectivity index (χ4v) is 2.56. The number of benzene rings is 1. The zero-order chi connectivity index (χ0) is 18.7. The Kier molecular flexibility index (Phi) is 4.71. The zero-order valence-electron chi connectivity index (χ0n) is 14.1. The second kappa shape index (κ2) is 7.11. The summed E-state index contributed by atoms with van der Waals surface area (Å²) in [6.45, 7) is 0. The van der Waals surface area contributed by atoms with Crippen LogP contribution in [0.2, 0.25) is 0 Å². The molecule has 0 radical (unpaired) electrons. The van der Waals surface area contributed by atoms with Gasteiger partial charge in [0.2, 0.25) is 0 Å². The number of fused-ring (bicyclic) bond motifs is 1. The summed E-state index contributed by atoms with van der Waals surface area (Å²) in [6, 6.07) is 13.5. The molecular formula is C18H17N5O3. The van der Waals surface area contributed by atoms with Gasteiger partial charge in [-0.1, -0.05) is 12.1 Å². The van der Waals surface area contributed by atoms with E-state index in [1.807, 2.05) is 40.9 Å². The third-order valence-corrected chi connectivity index (χ3v) is 3.94. The van der Waals surface area contributed by atoms with Crippen LogP contribution in [0.15, 0.2) is 36.4 Å². The molecule has 2 aromatic heterocycles. The van der Waals surface area contributed by atoms with Gasteiger partial charge in [0.05, 0.1) is 24.4 Å². The van der Waals surface area contributed by atoms with Crippen molar-refractivity contribution in [1.29, 1.82) is 5.26 Å². The molecule has 1 aromatic carbocycles. The second-order valence-corrected chi connectivity index (χ2v) is 5.79. The Bertz CT molecular complexity index is 980. The van der Waals surface area contributed by atoms with Crippen molar-refractivity contribution in [3.05, 3.63) is 47.8 Å². The van der Waals surface area contributed by atoms with E-state index in [1.165, 1.54) is 0 Å². The molecule has 1 saturated carbocycles. The summed E-state index contributed by atoms with van der Waals surface area (Å²) in [4.78, 5) is 13.4. The summed E-state index contributed by atoms with van der Waals surface area (Å²) in [7, 11) is 1.64. The fraction of sp³-hybridized carbons (Fsp3) is 0.222. The molecule has 0 unspecified atom stereocenters. The predicted octanol–water partition coefficient (Wildman–Crippen LogP) is 2.78. The summed E-state index contributed by atoms with van der Waals surface area (Å²) in [6.07, 6.45) is 0.983. The molecule has 1 aliphatic carbocycles. The lowest BCUT2D eigenvalue weighted by molar-refractivity contribution is 0.205. The molecule has 132 valence electrons. The number of primary amides is 1. The largest absolute Gasteiger partial charge is 0.493 e. The Hall–Kier alpha value is -3.60. The molecule has 3 N–H and O–H groups in total. The van der Waals surface area contributed by atoms with E-state index < -0.39 is 6.09 Å². The third-order valence-electron chi connectivity index (χ3n) is 3.94. The number of carbonyl (C=O) groups is 1. The monoisotopic (exact) mass is 351 g/mol. The predicted molar refractivity (Wildman–Crippen MR) is 93.9 cm³/mol. The van der Waals surface area contributed by atoms with E-state index in [4.69, 9.17) is 19.9 Å². The van der Waals surface area contributed by atoms with Crippen LogP contribution >= 0.6 is 0 Å². The van der Waals surface area contributed by atoms with Crippen molar-refractivity contribution in [2.24, 2.45) is 5.73 Å². The van der Waals surface area contributed by atoms with Crippen molar-refractivity contribution in [3.63, 3.8) is 0 Å². The molecule has 0 spiro atoms. The van der Waals surface area contributed by atoms with Crippen LogP contribution in [0.1, 0.15) is 30.1 Å². The molecule has 0 bridgehead atoms. The smallest absolute Gasteiger partial charge is 0.402 e. The lowest BCUT2D eigenvalue weighted by Crippen LogP contribution is -2.03. The quantitative estimate of drug-likeness (QED) is 0.747. The SMILES string of the molecule is COc1ccc(-c2ccc(C#N)cc2)n2nc(C3CC3)nc12.NC(=O)O. The molecular weight excluding hydrogens is 334 g/mol. The average Bonchev–Trinajstić information content (AvgIpc) is 3.39. The van der Waals surface area contributed by atoms with Crippen molar-refractivity contribution in [3.8, 4) is 23.1 Å². The Morgan fingerprint density at radius 2 is 1.96 bits per heavy atom. The summed E-state index contributed by atoms with van der Waals surface area (Å²) in [5.41, 5.74) is 7.36. The van der Waals surface area contributed by atoms with Gasteiger partial charge >= 0.3 is 6.09 Å². The van der Waals surface area contributed by atoms with E-state index in [9.17, 15) is 0 Å². The van der Waals surface area contributed by atoms with Crippen molar-refractivity contribution >= 4 is 11.7 Å². The van der Waals surface area contributed by atoms with Gasteiger partial charge in [0, 0.05) is 11.5 Å². The van der Waals surface area contributed by atoms with Crippen LogP contribution < -0.4 is 10.5 Å². The molecule has 26 heavy (non-hydrogen) atoms. The summed E-state index contributed by atoms with van der Waals surface area (Å²) >= 11 is 0. The number of amides is 1. The van der Waals surface area contributed by atoms with Gasteiger partial charge in [0.1, 0.15) is 0 Å². The summed E-state index contributed by atoms with van der Waals surface area (Å²) in [5, 5.41) is 20.8. The van der Waals surface area contributed by atoms with Crippen LogP contribution in [0.5, 0.6) is 5.75 Å². The maximum absolute atomic E-state index is 8.92. The van der Waals surface area contributed by atoms with Crippen LogP contribution in [-0.4, -0.2) is 32.9 Å². The maximum Gasteiger partial charge on any atom is 0.402 e. The summed E-state index contributed by atoms with van der Waals surface area (Å²) < 4.78 is 7.24. The minimum atomic E-state index is -1.33. The molecule has 0 saturated heterocycles. The minimum absolute atomic E-state index is 0.485. The Morgan fingerprint density at radius 3 is 2.50 bits per heavy atom. The number of carboxylic acid groups (broad SMARTS) is 1. The first-order valence-electron chi connectivity index (χ1n) is 7.96. The molecule has 4 rings (SSSR count). The lowest BCUT2D eigenvalue weighted by atomic mass is 10.1. The molecule has 8 heteroatoms. The summed E-state index contributed by atoms with van der Waals surface area (Å²) in [5.74, 6) is 2.09. The van der Waals surface area contributed by atoms with Gasteiger partial charge in [-0.15, -0.1) is 0 Å². The zero-order valence-corrected chi connectivity index (χ0v) is 14.1. The standard InChI is InChI=1S/C17H14N4O.CH3NO2/c1-22-15-9-8-14(12-4-2-11(10-18)3-5-12)21-17(15)19-16(20-21)13-6-7-13;2-1(3)4/h2-5,8-9,13H,6-7H2,1H3;2H2,(H,3,4). The number of aromatic nitrogens is 3. The lowest BCUT2D eigenvalue weighted by Gasteiger charge is -2.07. The number of hydrogen-bond acceptors (Lipinski definition) is 5. The van der Waals surface area contributed by atoms with Gasteiger partial charge in [0.25, 0.3) is 0 Å². The number of nitrogens with zero attached hydrogens (tertiary/aromatic N) is 4. The van der Waals surface area contributed by atoms with Crippen LogP contribution in [0.25, 0.3) is 16.9 Å². The van der Waals surface area contributed by atoms with Gasteiger partial charge in [-0.05, 0) is 37.1 Å².